The minimum Gasteiger partial charge on any atom is -0.444 e. The van der Waals surface area contributed by atoms with E-state index >= 15 is 0 Å². The molecule has 1 amide bonds. The number of ether oxygens (including phenoxy) is 1. The topological polar surface area (TPSA) is 29.5 Å². The fourth-order valence-electron chi connectivity index (χ4n) is 1.43. The number of hydrogen-bond acceptors (Lipinski definition) is 2. The van der Waals surface area contributed by atoms with Crippen molar-refractivity contribution >= 4 is 6.09 Å². The van der Waals surface area contributed by atoms with Crippen LogP contribution in [0.5, 0.6) is 0 Å². The second-order valence-corrected chi connectivity index (χ2v) is 6.17. The van der Waals surface area contributed by atoms with Crippen LogP contribution >= 0.6 is 0 Å². The van der Waals surface area contributed by atoms with Crippen molar-refractivity contribution in [1.29, 1.82) is 0 Å². The summed E-state index contributed by atoms with van der Waals surface area (Å²) in [4.78, 5) is 13.7. The molecule has 0 aromatic carbocycles. The standard InChI is InChI=1S/C13H27NO2/c1-10(2)8-14(9-11(3)4)12(15)16-13(5,6)7/h10-11H,8-9H2,1-7H3. The molecular weight excluding hydrogens is 202 g/mol. The van der Waals surface area contributed by atoms with Gasteiger partial charge in [-0.2, -0.15) is 0 Å². The molecule has 0 bridgehead atoms. The van der Waals surface area contributed by atoms with Crippen LogP contribution in [-0.2, 0) is 4.74 Å². The summed E-state index contributed by atoms with van der Waals surface area (Å²) in [6.07, 6.45) is -0.199. The fraction of sp³-hybridized carbons (Fsp3) is 0.923. The predicted molar refractivity (Wildman–Crippen MR) is 67.5 cm³/mol. The molecule has 0 atom stereocenters. The van der Waals surface area contributed by atoms with Gasteiger partial charge in [0.05, 0.1) is 0 Å². The van der Waals surface area contributed by atoms with Gasteiger partial charge < -0.3 is 9.64 Å². The third-order valence-corrected chi connectivity index (χ3v) is 1.82. The van der Waals surface area contributed by atoms with Gasteiger partial charge in [-0.25, -0.2) is 4.79 Å². The van der Waals surface area contributed by atoms with E-state index in [9.17, 15) is 4.79 Å². The Balaban J connectivity index is 4.44. The molecule has 0 aromatic rings. The van der Waals surface area contributed by atoms with Gasteiger partial charge in [0.1, 0.15) is 5.60 Å². The zero-order valence-electron chi connectivity index (χ0n) is 11.8. The van der Waals surface area contributed by atoms with Crippen LogP contribution in [0.1, 0.15) is 48.5 Å². The lowest BCUT2D eigenvalue weighted by atomic mass is 10.1. The van der Waals surface area contributed by atoms with Crippen LogP contribution in [0.4, 0.5) is 4.79 Å². The van der Waals surface area contributed by atoms with Gasteiger partial charge in [-0.1, -0.05) is 27.7 Å². The largest absolute Gasteiger partial charge is 0.444 e. The molecule has 0 N–H and O–H groups in total. The molecule has 0 radical (unpaired) electrons. The van der Waals surface area contributed by atoms with E-state index in [1.165, 1.54) is 0 Å². The van der Waals surface area contributed by atoms with Crippen LogP contribution in [-0.4, -0.2) is 29.7 Å². The van der Waals surface area contributed by atoms with Gasteiger partial charge in [0.15, 0.2) is 0 Å². The SMILES string of the molecule is CC(C)CN(CC(C)C)C(=O)OC(C)(C)C. The normalized spacial score (nSPS) is 12.1. The van der Waals surface area contributed by atoms with Crippen molar-refractivity contribution in [2.75, 3.05) is 13.1 Å². The summed E-state index contributed by atoms with van der Waals surface area (Å²) in [7, 11) is 0. The molecule has 0 aliphatic carbocycles. The van der Waals surface area contributed by atoms with Crippen LogP contribution in [0, 0.1) is 11.8 Å². The predicted octanol–water partition coefficient (Wildman–Crippen LogP) is 3.54. The average molecular weight is 229 g/mol. The van der Waals surface area contributed by atoms with Gasteiger partial charge in [-0.3, -0.25) is 0 Å². The van der Waals surface area contributed by atoms with E-state index in [0.29, 0.717) is 11.8 Å². The van der Waals surface area contributed by atoms with Crippen LogP contribution in [0.25, 0.3) is 0 Å². The number of hydrogen-bond donors (Lipinski definition) is 0. The van der Waals surface area contributed by atoms with Crippen molar-refractivity contribution in [3.63, 3.8) is 0 Å². The van der Waals surface area contributed by atoms with Crippen molar-refractivity contribution in [2.24, 2.45) is 11.8 Å². The molecule has 0 unspecified atom stereocenters. The summed E-state index contributed by atoms with van der Waals surface area (Å²) < 4.78 is 5.39. The molecule has 0 saturated carbocycles. The summed E-state index contributed by atoms with van der Waals surface area (Å²) in [5.41, 5.74) is -0.413. The van der Waals surface area contributed by atoms with Crippen molar-refractivity contribution in [3.05, 3.63) is 0 Å². The van der Waals surface area contributed by atoms with Gasteiger partial charge in [0, 0.05) is 13.1 Å². The monoisotopic (exact) mass is 229 g/mol. The van der Waals surface area contributed by atoms with Crippen molar-refractivity contribution in [3.8, 4) is 0 Å². The van der Waals surface area contributed by atoms with Crippen molar-refractivity contribution < 1.29 is 9.53 Å². The van der Waals surface area contributed by atoms with Crippen LogP contribution in [0.15, 0.2) is 0 Å². The Bertz CT molecular complexity index is 206. The van der Waals surface area contributed by atoms with E-state index in [2.05, 4.69) is 27.7 Å². The number of nitrogens with zero attached hydrogens (tertiary/aromatic N) is 1. The fourth-order valence-corrected chi connectivity index (χ4v) is 1.43. The highest BCUT2D eigenvalue weighted by Crippen LogP contribution is 2.12. The van der Waals surface area contributed by atoms with E-state index in [1.54, 1.807) is 4.90 Å². The van der Waals surface area contributed by atoms with E-state index < -0.39 is 5.60 Å². The second kappa shape index (κ2) is 6.12. The minimum absolute atomic E-state index is 0.199. The Labute approximate surface area is 100 Å². The van der Waals surface area contributed by atoms with Gasteiger partial charge in [-0.15, -0.1) is 0 Å². The Morgan fingerprint density at radius 1 is 1.06 bits per heavy atom. The third kappa shape index (κ3) is 7.55. The van der Waals surface area contributed by atoms with E-state index in [0.717, 1.165) is 13.1 Å². The molecule has 0 aromatic heterocycles. The smallest absolute Gasteiger partial charge is 0.410 e. The molecule has 0 rings (SSSR count). The van der Waals surface area contributed by atoms with Gasteiger partial charge >= 0.3 is 6.09 Å². The Morgan fingerprint density at radius 2 is 1.44 bits per heavy atom. The Hall–Kier alpha value is -0.730. The quantitative estimate of drug-likeness (QED) is 0.738. The molecule has 0 heterocycles. The first-order valence-corrected chi connectivity index (χ1v) is 6.09. The highest BCUT2D eigenvalue weighted by atomic mass is 16.6. The zero-order chi connectivity index (χ0) is 12.9. The molecule has 0 fully saturated rings. The molecule has 96 valence electrons. The lowest BCUT2D eigenvalue weighted by molar-refractivity contribution is 0.0206. The Kier molecular flexibility index (Phi) is 5.84. The summed E-state index contributed by atoms with van der Waals surface area (Å²) in [6, 6.07) is 0. The zero-order valence-corrected chi connectivity index (χ0v) is 11.8. The van der Waals surface area contributed by atoms with E-state index in [4.69, 9.17) is 4.74 Å². The molecule has 3 nitrogen and oxygen atoms in total. The number of rotatable bonds is 4. The minimum atomic E-state index is -0.413. The first kappa shape index (κ1) is 15.3. The number of amides is 1. The maximum absolute atomic E-state index is 11.9. The summed E-state index contributed by atoms with van der Waals surface area (Å²) in [5.74, 6) is 0.928. The molecule has 0 aliphatic rings. The summed E-state index contributed by atoms with van der Waals surface area (Å²) in [5, 5.41) is 0. The van der Waals surface area contributed by atoms with E-state index in [1.807, 2.05) is 20.8 Å². The second-order valence-electron chi connectivity index (χ2n) is 6.17. The highest BCUT2D eigenvalue weighted by Gasteiger charge is 2.23. The van der Waals surface area contributed by atoms with Gasteiger partial charge in [0.25, 0.3) is 0 Å². The average Bonchev–Trinajstić information content (AvgIpc) is 1.97. The molecule has 0 aliphatic heterocycles. The lowest BCUT2D eigenvalue weighted by Gasteiger charge is -2.29. The third-order valence-electron chi connectivity index (χ3n) is 1.82. The molecule has 16 heavy (non-hydrogen) atoms. The summed E-state index contributed by atoms with van der Waals surface area (Å²) in [6.45, 7) is 15.6. The van der Waals surface area contributed by atoms with E-state index in [-0.39, 0.29) is 6.09 Å². The van der Waals surface area contributed by atoms with Crippen LogP contribution in [0.2, 0.25) is 0 Å². The maximum atomic E-state index is 11.9. The van der Waals surface area contributed by atoms with Crippen molar-refractivity contribution in [2.45, 2.75) is 54.1 Å². The number of carbonyl (C=O) groups excluding carboxylic acids is 1. The van der Waals surface area contributed by atoms with Crippen molar-refractivity contribution in [1.82, 2.24) is 4.90 Å². The van der Waals surface area contributed by atoms with Crippen LogP contribution < -0.4 is 0 Å². The van der Waals surface area contributed by atoms with Crippen LogP contribution in [0.3, 0.4) is 0 Å². The number of carbonyl (C=O) groups is 1. The van der Waals surface area contributed by atoms with Gasteiger partial charge in [-0.05, 0) is 32.6 Å². The molecule has 3 heteroatoms. The Morgan fingerprint density at radius 3 is 1.69 bits per heavy atom. The van der Waals surface area contributed by atoms with Gasteiger partial charge in [0.2, 0.25) is 0 Å². The maximum Gasteiger partial charge on any atom is 0.410 e. The first-order valence-electron chi connectivity index (χ1n) is 6.09. The first-order chi connectivity index (χ1) is 7.11. The molecule has 0 spiro atoms. The molecular formula is C13H27NO2. The summed E-state index contributed by atoms with van der Waals surface area (Å²) >= 11 is 0. The highest BCUT2D eigenvalue weighted by molar-refractivity contribution is 5.68. The lowest BCUT2D eigenvalue weighted by Crippen LogP contribution is -2.40. The molecule has 0 saturated heterocycles.